The molecule has 7 heteroatoms. The van der Waals surface area contributed by atoms with Crippen LogP contribution in [0.25, 0.3) is 6.08 Å². The highest BCUT2D eigenvalue weighted by molar-refractivity contribution is 14.1. The number of nitriles is 1. The maximum atomic E-state index is 12.4. The summed E-state index contributed by atoms with van der Waals surface area (Å²) in [5.74, 6) is 1.39. The summed E-state index contributed by atoms with van der Waals surface area (Å²) < 4.78 is 16.9. The molecule has 150 valence electrons. The van der Waals surface area contributed by atoms with Gasteiger partial charge in [-0.1, -0.05) is 24.8 Å². The normalized spacial score (nSPS) is 10.6. The number of rotatable bonds is 9. The largest absolute Gasteiger partial charge is 0.497 e. The van der Waals surface area contributed by atoms with Gasteiger partial charge in [0, 0.05) is 6.54 Å². The van der Waals surface area contributed by atoms with Crippen LogP contribution >= 0.6 is 22.6 Å². The van der Waals surface area contributed by atoms with E-state index in [9.17, 15) is 10.1 Å². The first kappa shape index (κ1) is 22.3. The van der Waals surface area contributed by atoms with E-state index in [1.807, 2.05) is 36.4 Å². The monoisotopic (exact) mass is 504 g/mol. The molecule has 0 unspecified atom stereocenters. The number of carbonyl (C=O) groups is 1. The molecular weight excluding hydrogens is 483 g/mol. The molecule has 0 spiro atoms. The van der Waals surface area contributed by atoms with Gasteiger partial charge in [-0.25, -0.2) is 0 Å². The maximum absolute atomic E-state index is 12.4. The summed E-state index contributed by atoms with van der Waals surface area (Å²) in [5.41, 5.74) is 1.56. The van der Waals surface area contributed by atoms with Crippen LogP contribution in [0.5, 0.6) is 17.2 Å². The number of hydrogen-bond acceptors (Lipinski definition) is 5. The van der Waals surface area contributed by atoms with Gasteiger partial charge in [-0.15, -0.1) is 0 Å². The molecule has 0 aliphatic carbocycles. The Hall–Kier alpha value is -2.99. The molecule has 0 radical (unpaired) electrons. The Balaban J connectivity index is 2.17. The van der Waals surface area contributed by atoms with Crippen molar-refractivity contribution >= 4 is 34.6 Å². The van der Waals surface area contributed by atoms with Gasteiger partial charge in [-0.05, 0) is 64.1 Å². The lowest BCUT2D eigenvalue weighted by atomic mass is 10.1. The van der Waals surface area contributed by atoms with E-state index in [0.29, 0.717) is 30.2 Å². The van der Waals surface area contributed by atoms with E-state index in [-0.39, 0.29) is 5.57 Å². The van der Waals surface area contributed by atoms with Gasteiger partial charge in [0.1, 0.15) is 24.0 Å². The first-order valence-corrected chi connectivity index (χ1v) is 9.74. The molecule has 6 nitrogen and oxygen atoms in total. The standard InChI is InChI=1S/C22H21IN2O4/c1-4-9-29-21-19(23)11-16(12-20(21)28-3)10-17(13-24)22(26)25-14-15-5-7-18(27-2)8-6-15/h4-8,10-12H,1,9,14H2,2-3H3,(H,25,26)/b17-10+. The number of carbonyl (C=O) groups excluding carboxylic acids is 1. The average molecular weight is 504 g/mol. The predicted octanol–water partition coefficient (Wildman–Crippen LogP) is 4.10. The van der Waals surface area contributed by atoms with Crippen molar-refractivity contribution in [2.24, 2.45) is 0 Å². The second-order valence-electron chi connectivity index (χ2n) is 5.83. The van der Waals surface area contributed by atoms with E-state index < -0.39 is 5.91 Å². The van der Waals surface area contributed by atoms with Crippen LogP contribution in [0, 0.1) is 14.9 Å². The lowest BCUT2D eigenvalue weighted by molar-refractivity contribution is -0.117. The van der Waals surface area contributed by atoms with Gasteiger partial charge in [0.2, 0.25) is 0 Å². The fraction of sp³-hybridized carbons (Fsp3) is 0.182. The summed E-state index contributed by atoms with van der Waals surface area (Å²) in [5, 5.41) is 12.2. The van der Waals surface area contributed by atoms with Crippen molar-refractivity contribution in [2.45, 2.75) is 6.54 Å². The zero-order chi connectivity index (χ0) is 21.2. The van der Waals surface area contributed by atoms with Crippen LogP contribution in [-0.4, -0.2) is 26.7 Å². The third-order valence-electron chi connectivity index (χ3n) is 3.89. The van der Waals surface area contributed by atoms with Gasteiger partial charge < -0.3 is 19.5 Å². The number of nitrogens with one attached hydrogen (secondary N) is 1. The summed E-state index contributed by atoms with van der Waals surface area (Å²) >= 11 is 2.12. The van der Waals surface area contributed by atoms with Gasteiger partial charge in [0.25, 0.3) is 5.91 Å². The minimum atomic E-state index is -0.454. The van der Waals surface area contributed by atoms with Crippen LogP contribution < -0.4 is 19.5 Å². The summed E-state index contributed by atoms with van der Waals surface area (Å²) in [6, 6.07) is 12.8. The molecule has 29 heavy (non-hydrogen) atoms. The van der Waals surface area contributed by atoms with Crippen molar-refractivity contribution < 1.29 is 19.0 Å². The first-order chi connectivity index (χ1) is 14.0. The van der Waals surface area contributed by atoms with Gasteiger partial charge >= 0.3 is 0 Å². The van der Waals surface area contributed by atoms with Crippen molar-refractivity contribution in [3.8, 4) is 23.3 Å². The van der Waals surface area contributed by atoms with Crippen molar-refractivity contribution in [3.63, 3.8) is 0 Å². The molecular formula is C22H21IN2O4. The number of benzene rings is 2. The van der Waals surface area contributed by atoms with Gasteiger partial charge in [0.15, 0.2) is 11.5 Å². The molecule has 0 bridgehead atoms. The topological polar surface area (TPSA) is 80.6 Å². The summed E-state index contributed by atoms with van der Waals surface area (Å²) in [4.78, 5) is 12.4. The van der Waals surface area contributed by atoms with Crippen molar-refractivity contribution in [2.75, 3.05) is 20.8 Å². The minimum absolute atomic E-state index is 0.00359. The highest BCUT2D eigenvalue weighted by atomic mass is 127. The molecule has 0 aromatic heterocycles. The molecule has 0 aliphatic rings. The molecule has 2 rings (SSSR count). The molecule has 2 aromatic carbocycles. The predicted molar refractivity (Wildman–Crippen MR) is 120 cm³/mol. The third-order valence-corrected chi connectivity index (χ3v) is 4.69. The number of hydrogen-bond donors (Lipinski definition) is 1. The Morgan fingerprint density at radius 1 is 1.24 bits per heavy atom. The van der Waals surface area contributed by atoms with Crippen molar-refractivity contribution in [3.05, 3.63) is 69.3 Å². The SMILES string of the molecule is C=CCOc1c(I)cc(/C=C(\C#N)C(=O)NCc2ccc(OC)cc2)cc1OC. The van der Waals surface area contributed by atoms with E-state index >= 15 is 0 Å². The van der Waals surface area contributed by atoms with E-state index in [1.165, 1.54) is 13.2 Å². The third kappa shape index (κ3) is 6.26. The fourth-order valence-corrected chi connectivity index (χ4v) is 3.22. The molecule has 0 aliphatic heterocycles. The van der Waals surface area contributed by atoms with E-state index in [2.05, 4.69) is 34.5 Å². The maximum Gasteiger partial charge on any atom is 0.262 e. The quantitative estimate of drug-likeness (QED) is 0.241. The molecule has 0 fully saturated rings. The Bertz CT molecular complexity index is 947. The zero-order valence-electron chi connectivity index (χ0n) is 16.2. The van der Waals surface area contributed by atoms with Crippen molar-refractivity contribution in [1.82, 2.24) is 5.32 Å². The molecule has 0 atom stereocenters. The van der Waals surface area contributed by atoms with Crippen LogP contribution in [0.1, 0.15) is 11.1 Å². The minimum Gasteiger partial charge on any atom is -0.497 e. The molecule has 2 aromatic rings. The van der Waals surface area contributed by atoms with Crippen LogP contribution in [0.4, 0.5) is 0 Å². The second kappa shape index (κ2) is 11.1. The summed E-state index contributed by atoms with van der Waals surface area (Å²) in [6.07, 6.45) is 3.16. The molecule has 1 N–H and O–H groups in total. The summed E-state index contributed by atoms with van der Waals surface area (Å²) in [7, 11) is 3.13. The lowest BCUT2D eigenvalue weighted by Gasteiger charge is -2.12. The smallest absolute Gasteiger partial charge is 0.262 e. The van der Waals surface area contributed by atoms with Crippen LogP contribution in [0.2, 0.25) is 0 Å². The van der Waals surface area contributed by atoms with Gasteiger partial charge in [-0.2, -0.15) is 5.26 Å². The fourth-order valence-electron chi connectivity index (χ4n) is 2.44. The Morgan fingerprint density at radius 3 is 2.55 bits per heavy atom. The van der Waals surface area contributed by atoms with Crippen LogP contribution in [0.3, 0.4) is 0 Å². The van der Waals surface area contributed by atoms with Crippen molar-refractivity contribution in [1.29, 1.82) is 5.26 Å². The van der Waals surface area contributed by atoms with E-state index in [1.54, 1.807) is 19.3 Å². The lowest BCUT2D eigenvalue weighted by Crippen LogP contribution is -2.23. The number of methoxy groups -OCH3 is 2. The van der Waals surface area contributed by atoms with E-state index in [0.717, 1.165) is 14.9 Å². The number of nitrogens with zero attached hydrogens (tertiary/aromatic N) is 1. The number of amides is 1. The average Bonchev–Trinajstić information content (AvgIpc) is 2.75. The molecule has 0 saturated heterocycles. The highest BCUT2D eigenvalue weighted by Crippen LogP contribution is 2.34. The number of ether oxygens (including phenoxy) is 3. The Labute approximate surface area is 183 Å². The Kier molecular flexibility index (Phi) is 8.55. The first-order valence-electron chi connectivity index (χ1n) is 8.66. The molecule has 0 saturated carbocycles. The van der Waals surface area contributed by atoms with Gasteiger partial charge in [-0.3, -0.25) is 4.79 Å². The second-order valence-corrected chi connectivity index (χ2v) is 7.00. The van der Waals surface area contributed by atoms with Gasteiger partial charge in [0.05, 0.1) is 17.8 Å². The molecule has 0 heterocycles. The summed E-state index contributed by atoms with van der Waals surface area (Å²) in [6.45, 7) is 4.28. The molecule has 1 amide bonds. The number of halogens is 1. The zero-order valence-corrected chi connectivity index (χ0v) is 18.4. The highest BCUT2D eigenvalue weighted by Gasteiger charge is 2.13. The van der Waals surface area contributed by atoms with Crippen LogP contribution in [-0.2, 0) is 11.3 Å². The Morgan fingerprint density at radius 2 is 1.97 bits per heavy atom. The van der Waals surface area contributed by atoms with Crippen LogP contribution in [0.15, 0.2) is 54.6 Å². The van der Waals surface area contributed by atoms with E-state index in [4.69, 9.17) is 14.2 Å².